The number of rotatable bonds is 3. The van der Waals surface area contributed by atoms with Gasteiger partial charge in [-0.3, -0.25) is 0 Å². The summed E-state index contributed by atoms with van der Waals surface area (Å²) in [6.07, 6.45) is 0. The van der Waals surface area contributed by atoms with Gasteiger partial charge in [-0.25, -0.2) is 12.7 Å². The van der Waals surface area contributed by atoms with Crippen molar-refractivity contribution < 1.29 is 8.42 Å². The van der Waals surface area contributed by atoms with Crippen LogP contribution in [0.4, 0.5) is 11.4 Å². The lowest BCUT2D eigenvalue weighted by atomic mass is 10.2. The SMILES string of the molecule is CN(C)S(=O)(=O)c1cc(N)ccc1N1CCNCC1. The van der Waals surface area contributed by atoms with Crippen LogP contribution in [0.2, 0.25) is 0 Å². The zero-order valence-electron chi connectivity index (χ0n) is 11.3. The molecule has 0 bridgehead atoms. The summed E-state index contributed by atoms with van der Waals surface area (Å²) in [4.78, 5) is 2.35. The van der Waals surface area contributed by atoms with Crippen LogP contribution in [-0.2, 0) is 10.0 Å². The summed E-state index contributed by atoms with van der Waals surface area (Å²) in [5, 5.41) is 3.25. The second-order valence-corrected chi connectivity index (χ2v) is 6.87. The van der Waals surface area contributed by atoms with Crippen LogP contribution in [0, 0.1) is 0 Å². The van der Waals surface area contributed by atoms with E-state index in [9.17, 15) is 8.42 Å². The van der Waals surface area contributed by atoms with Crippen molar-refractivity contribution in [3.8, 4) is 0 Å². The lowest BCUT2D eigenvalue weighted by molar-refractivity contribution is 0.519. The van der Waals surface area contributed by atoms with E-state index in [-0.39, 0.29) is 4.90 Å². The predicted octanol–water partition coefficient (Wildman–Crippen LogP) is -0.0713. The van der Waals surface area contributed by atoms with E-state index in [0.717, 1.165) is 31.9 Å². The summed E-state index contributed by atoms with van der Waals surface area (Å²) < 4.78 is 26.0. The van der Waals surface area contributed by atoms with Gasteiger partial charge in [0.1, 0.15) is 4.90 Å². The Labute approximate surface area is 114 Å². The minimum atomic E-state index is -3.49. The monoisotopic (exact) mass is 284 g/mol. The zero-order chi connectivity index (χ0) is 14.0. The van der Waals surface area contributed by atoms with Crippen LogP contribution in [0.5, 0.6) is 0 Å². The van der Waals surface area contributed by atoms with Crippen LogP contribution in [0.1, 0.15) is 0 Å². The van der Waals surface area contributed by atoms with E-state index < -0.39 is 10.0 Å². The summed E-state index contributed by atoms with van der Waals surface area (Å²) in [6.45, 7) is 3.29. The van der Waals surface area contributed by atoms with Gasteiger partial charge in [0.25, 0.3) is 0 Å². The average molecular weight is 284 g/mol. The molecule has 1 saturated heterocycles. The molecule has 0 amide bonds. The Hall–Kier alpha value is -1.31. The van der Waals surface area contributed by atoms with Crippen LogP contribution < -0.4 is 16.0 Å². The molecule has 0 atom stereocenters. The van der Waals surface area contributed by atoms with Crippen LogP contribution in [-0.4, -0.2) is 53.0 Å². The Morgan fingerprint density at radius 2 is 1.89 bits per heavy atom. The predicted molar refractivity (Wildman–Crippen MR) is 76.8 cm³/mol. The van der Waals surface area contributed by atoms with Gasteiger partial charge < -0.3 is 16.0 Å². The second kappa shape index (κ2) is 5.36. The smallest absolute Gasteiger partial charge is 0.244 e. The highest BCUT2D eigenvalue weighted by atomic mass is 32.2. The summed E-state index contributed by atoms with van der Waals surface area (Å²) in [5.74, 6) is 0. The molecule has 2 rings (SSSR count). The summed E-state index contributed by atoms with van der Waals surface area (Å²) in [7, 11) is -0.432. The topological polar surface area (TPSA) is 78.7 Å². The minimum absolute atomic E-state index is 0.277. The molecule has 6 nitrogen and oxygen atoms in total. The maximum atomic E-state index is 12.4. The molecule has 1 aromatic rings. The molecule has 0 unspecified atom stereocenters. The van der Waals surface area contributed by atoms with Crippen molar-refractivity contribution in [3.05, 3.63) is 18.2 Å². The van der Waals surface area contributed by atoms with E-state index >= 15 is 0 Å². The highest BCUT2D eigenvalue weighted by Crippen LogP contribution is 2.29. The van der Waals surface area contributed by atoms with E-state index in [2.05, 4.69) is 10.2 Å². The van der Waals surface area contributed by atoms with Gasteiger partial charge in [-0.05, 0) is 18.2 Å². The molecule has 1 fully saturated rings. The fourth-order valence-corrected chi connectivity index (χ4v) is 3.24. The third-order valence-electron chi connectivity index (χ3n) is 3.20. The van der Waals surface area contributed by atoms with Gasteiger partial charge in [0, 0.05) is 46.0 Å². The molecule has 1 aliphatic heterocycles. The number of nitrogens with one attached hydrogen (secondary N) is 1. The molecule has 19 heavy (non-hydrogen) atoms. The number of piperazine rings is 1. The van der Waals surface area contributed by atoms with Gasteiger partial charge >= 0.3 is 0 Å². The molecule has 3 N–H and O–H groups in total. The first-order valence-electron chi connectivity index (χ1n) is 6.20. The van der Waals surface area contributed by atoms with Crippen molar-refractivity contribution in [1.29, 1.82) is 0 Å². The fourth-order valence-electron chi connectivity index (χ4n) is 2.10. The molecule has 0 radical (unpaired) electrons. The molecule has 1 heterocycles. The first kappa shape index (κ1) is 14.1. The number of nitrogen functional groups attached to an aromatic ring is 1. The quantitative estimate of drug-likeness (QED) is 0.760. The molecule has 0 saturated carbocycles. The van der Waals surface area contributed by atoms with E-state index in [1.54, 1.807) is 12.1 Å². The van der Waals surface area contributed by atoms with Crippen LogP contribution in [0.25, 0.3) is 0 Å². The molecule has 106 valence electrons. The van der Waals surface area contributed by atoms with Crippen molar-refractivity contribution in [3.63, 3.8) is 0 Å². The Kier molecular flexibility index (Phi) is 3.98. The van der Waals surface area contributed by atoms with E-state index in [1.165, 1.54) is 24.5 Å². The lowest BCUT2D eigenvalue weighted by Crippen LogP contribution is -2.44. The number of anilines is 2. The fraction of sp³-hybridized carbons (Fsp3) is 0.500. The van der Waals surface area contributed by atoms with E-state index in [0.29, 0.717) is 5.69 Å². The summed E-state index contributed by atoms with van der Waals surface area (Å²) >= 11 is 0. The van der Waals surface area contributed by atoms with Gasteiger partial charge in [0.2, 0.25) is 10.0 Å². The minimum Gasteiger partial charge on any atom is -0.399 e. The van der Waals surface area contributed by atoms with Gasteiger partial charge in [-0.15, -0.1) is 0 Å². The Morgan fingerprint density at radius 1 is 1.26 bits per heavy atom. The Balaban J connectivity index is 2.49. The third-order valence-corrected chi connectivity index (χ3v) is 5.04. The van der Waals surface area contributed by atoms with Crippen LogP contribution in [0.15, 0.2) is 23.1 Å². The molecule has 1 aliphatic rings. The third kappa shape index (κ3) is 2.83. The normalized spacial score (nSPS) is 16.9. The number of hydrogen-bond acceptors (Lipinski definition) is 5. The lowest BCUT2D eigenvalue weighted by Gasteiger charge is -2.31. The van der Waals surface area contributed by atoms with Crippen molar-refractivity contribution in [2.24, 2.45) is 0 Å². The molecule has 0 aliphatic carbocycles. The highest BCUT2D eigenvalue weighted by molar-refractivity contribution is 7.89. The maximum Gasteiger partial charge on any atom is 0.244 e. The van der Waals surface area contributed by atoms with Gasteiger partial charge in [-0.1, -0.05) is 0 Å². The molecule has 1 aromatic carbocycles. The highest BCUT2D eigenvalue weighted by Gasteiger charge is 2.25. The summed E-state index contributed by atoms with van der Waals surface area (Å²) in [5.41, 5.74) is 6.92. The van der Waals surface area contributed by atoms with Crippen LogP contribution >= 0.6 is 0 Å². The molecular formula is C12H20N4O2S. The largest absolute Gasteiger partial charge is 0.399 e. The molecule has 7 heteroatoms. The average Bonchev–Trinajstić information content (AvgIpc) is 2.39. The zero-order valence-corrected chi connectivity index (χ0v) is 12.1. The second-order valence-electron chi connectivity index (χ2n) is 4.75. The molecule has 0 spiro atoms. The number of sulfonamides is 1. The van der Waals surface area contributed by atoms with Gasteiger partial charge in [0.15, 0.2) is 0 Å². The van der Waals surface area contributed by atoms with Crippen LogP contribution in [0.3, 0.4) is 0 Å². The molecular weight excluding hydrogens is 264 g/mol. The summed E-state index contributed by atoms with van der Waals surface area (Å²) in [6, 6.07) is 5.07. The number of hydrogen-bond donors (Lipinski definition) is 2. The number of nitrogens with zero attached hydrogens (tertiary/aromatic N) is 2. The maximum absolute atomic E-state index is 12.4. The van der Waals surface area contributed by atoms with Crippen molar-refractivity contribution in [1.82, 2.24) is 9.62 Å². The van der Waals surface area contributed by atoms with Gasteiger partial charge in [-0.2, -0.15) is 0 Å². The first-order chi connectivity index (χ1) is 8.93. The Bertz CT molecular complexity index is 551. The van der Waals surface area contributed by atoms with Gasteiger partial charge in [0.05, 0.1) is 5.69 Å². The van der Waals surface area contributed by atoms with E-state index in [1.807, 2.05) is 0 Å². The number of nitrogens with two attached hydrogens (primary N) is 1. The first-order valence-corrected chi connectivity index (χ1v) is 7.64. The number of benzene rings is 1. The van der Waals surface area contributed by atoms with Crippen molar-refractivity contribution in [2.75, 3.05) is 50.9 Å². The van der Waals surface area contributed by atoms with Crippen molar-refractivity contribution in [2.45, 2.75) is 4.90 Å². The molecule has 0 aromatic heterocycles. The standard InChI is InChI=1S/C12H20N4O2S/c1-15(2)19(17,18)12-9-10(13)3-4-11(12)16-7-5-14-6-8-16/h3-4,9,14H,5-8,13H2,1-2H3. The van der Waals surface area contributed by atoms with Crippen molar-refractivity contribution >= 4 is 21.4 Å². The Morgan fingerprint density at radius 3 is 2.47 bits per heavy atom. The van der Waals surface area contributed by atoms with E-state index in [4.69, 9.17) is 5.73 Å².